The fourth-order valence-corrected chi connectivity index (χ4v) is 1.30. The Kier molecular flexibility index (Phi) is 2.68. The van der Waals surface area contributed by atoms with Crippen LogP contribution in [0.25, 0.3) is 11.5 Å². The first kappa shape index (κ1) is 10.4. The molecule has 2 aromatic rings. The van der Waals surface area contributed by atoms with Gasteiger partial charge in [-0.15, -0.1) is 0 Å². The number of rotatable bonds is 3. The first-order valence-electron chi connectivity index (χ1n) is 4.76. The monoisotopic (exact) mass is 218 g/mol. The van der Waals surface area contributed by atoms with Crippen LogP contribution in [-0.4, -0.2) is 21.0 Å². The lowest BCUT2D eigenvalue weighted by Crippen LogP contribution is -1.97. The number of phenols is 1. The Morgan fingerprint density at radius 1 is 1.50 bits per heavy atom. The zero-order chi connectivity index (χ0) is 11.5. The predicted octanol–water partition coefficient (Wildman–Crippen LogP) is 1.57. The maximum Gasteiger partial charge on any atom is 0.258 e. The van der Waals surface area contributed by atoms with Crippen LogP contribution in [0, 0.1) is 0 Å². The van der Waals surface area contributed by atoms with Gasteiger partial charge in [-0.3, -0.25) is 4.79 Å². The molecular weight excluding hydrogens is 208 g/mol. The highest BCUT2D eigenvalue weighted by molar-refractivity contribution is 5.77. The summed E-state index contributed by atoms with van der Waals surface area (Å²) in [6, 6.07) is 6.49. The summed E-state index contributed by atoms with van der Waals surface area (Å²) >= 11 is 0. The molecule has 0 bridgehead atoms. The van der Waals surface area contributed by atoms with Crippen LogP contribution < -0.4 is 0 Å². The molecule has 1 N–H and O–H groups in total. The zero-order valence-electron chi connectivity index (χ0n) is 8.67. The van der Waals surface area contributed by atoms with Crippen LogP contribution in [0.2, 0.25) is 0 Å². The molecule has 0 saturated heterocycles. The highest BCUT2D eigenvalue weighted by atomic mass is 16.5. The lowest BCUT2D eigenvalue weighted by molar-refractivity contribution is -0.116. The third kappa shape index (κ3) is 2.25. The van der Waals surface area contributed by atoms with Crippen molar-refractivity contribution in [1.82, 2.24) is 10.1 Å². The lowest BCUT2D eigenvalue weighted by Gasteiger charge is -1.94. The number of benzene rings is 1. The summed E-state index contributed by atoms with van der Waals surface area (Å²) in [4.78, 5) is 14.9. The molecule has 0 unspecified atom stereocenters. The number of carbonyl (C=O) groups is 1. The van der Waals surface area contributed by atoms with Gasteiger partial charge >= 0.3 is 0 Å². The van der Waals surface area contributed by atoms with Crippen molar-refractivity contribution in [2.45, 2.75) is 13.3 Å². The summed E-state index contributed by atoms with van der Waals surface area (Å²) in [5.41, 5.74) is 0.627. The van der Waals surface area contributed by atoms with Gasteiger partial charge in [0.2, 0.25) is 0 Å². The number of carbonyl (C=O) groups excluding carboxylic acids is 1. The Bertz CT molecular complexity index is 519. The molecule has 0 radical (unpaired) electrons. The third-order valence-electron chi connectivity index (χ3n) is 1.97. The molecule has 0 fully saturated rings. The van der Waals surface area contributed by atoms with E-state index in [4.69, 9.17) is 4.52 Å². The number of ketones is 1. The zero-order valence-corrected chi connectivity index (χ0v) is 8.67. The summed E-state index contributed by atoms with van der Waals surface area (Å²) in [6.45, 7) is 1.46. The standard InChI is InChI=1S/C11H10N2O3/c1-7(14)5-10-12-11(16-13-10)8-3-2-4-9(15)6-8/h2-4,6,15H,5H2,1H3. The predicted molar refractivity (Wildman–Crippen MR) is 55.8 cm³/mol. The van der Waals surface area contributed by atoms with Crippen molar-refractivity contribution < 1.29 is 14.4 Å². The van der Waals surface area contributed by atoms with Gasteiger partial charge in [-0.2, -0.15) is 4.98 Å². The fraction of sp³-hybridized carbons (Fsp3) is 0.182. The molecule has 1 heterocycles. The molecule has 0 spiro atoms. The Balaban J connectivity index is 2.28. The van der Waals surface area contributed by atoms with Crippen molar-refractivity contribution in [3.63, 3.8) is 0 Å². The van der Waals surface area contributed by atoms with Crippen molar-refractivity contribution in [2.75, 3.05) is 0 Å². The number of Topliss-reactive ketones (excluding diaryl/α,β-unsaturated/α-hetero) is 1. The molecule has 0 amide bonds. The Morgan fingerprint density at radius 3 is 3.00 bits per heavy atom. The Morgan fingerprint density at radius 2 is 2.31 bits per heavy atom. The van der Waals surface area contributed by atoms with Gasteiger partial charge in [-0.05, 0) is 25.1 Å². The highest BCUT2D eigenvalue weighted by Gasteiger charge is 2.10. The summed E-state index contributed by atoms with van der Waals surface area (Å²) in [5.74, 6) is 0.755. The minimum Gasteiger partial charge on any atom is -0.508 e. The van der Waals surface area contributed by atoms with Gasteiger partial charge in [0.25, 0.3) is 5.89 Å². The molecule has 0 aliphatic carbocycles. The molecule has 0 atom stereocenters. The van der Waals surface area contributed by atoms with Gasteiger partial charge in [0.15, 0.2) is 5.82 Å². The molecule has 0 aliphatic heterocycles. The van der Waals surface area contributed by atoms with E-state index < -0.39 is 0 Å². The minimum absolute atomic E-state index is 0.0248. The molecule has 82 valence electrons. The molecular formula is C11H10N2O3. The van der Waals surface area contributed by atoms with Crippen LogP contribution >= 0.6 is 0 Å². The lowest BCUT2D eigenvalue weighted by atomic mass is 10.2. The van der Waals surface area contributed by atoms with E-state index >= 15 is 0 Å². The van der Waals surface area contributed by atoms with Crippen molar-refractivity contribution in [3.8, 4) is 17.2 Å². The first-order valence-corrected chi connectivity index (χ1v) is 4.76. The second kappa shape index (κ2) is 4.14. The van der Waals surface area contributed by atoms with E-state index in [1.807, 2.05) is 0 Å². The number of hydrogen-bond acceptors (Lipinski definition) is 5. The van der Waals surface area contributed by atoms with Crippen molar-refractivity contribution in [2.24, 2.45) is 0 Å². The van der Waals surface area contributed by atoms with Crippen LogP contribution in [0.5, 0.6) is 5.75 Å². The number of hydrogen-bond donors (Lipinski definition) is 1. The molecule has 2 rings (SSSR count). The second-order valence-electron chi connectivity index (χ2n) is 3.44. The van der Waals surface area contributed by atoms with Gasteiger partial charge in [0, 0.05) is 5.56 Å². The highest BCUT2D eigenvalue weighted by Crippen LogP contribution is 2.21. The van der Waals surface area contributed by atoms with Gasteiger partial charge in [0.1, 0.15) is 11.5 Å². The van der Waals surface area contributed by atoms with E-state index in [9.17, 15) is 9.90 Å². The van der Waals surface area contributed by atoms with Crippen LogP contribution in [-0.2, 0) is 11.2 Å². The largest absolute Gasteiger partial charge is 0.508 e. The summed E-state index contributed by atoms with van der Waals surface area (Å²) in [6.07, 6.45) is 0.155. The molecule has 16 heavy (non-hydrogen) atoms. The maximum atomic E-state index is 10.9. The van der Waals surface area contributed by atoms with Crippen LogP contribution in [0.3, 0.4) is 0 Å². The SMILES string of the molecule is CC(=O)Cc1noc(-c2cccc(O)c2)n1. The van der Waals surface area contributed by atoms with E-state index in [-0.39, 0.29) is 18.0 Å². The van der Waals surface area contributed by atoms with E-state index in [0.29, 0.717) is 17.3 Å². The normalized spacial score (nSPS) is 10.3. The fourth-order valence-electron chi connectivity index (χ4n) is 1.30. The molecule has 0 aliphatic rings. The molecule has 0 saturated carbocycles. The summed E-state index contributed by atoms with van der Waals surface area (Å²) in [7, 11) is 0. The second-order valence-corrected chi connectivity index (χ2v) is 3.44. The van der Waals surface area contributed by atoms with Crippen LogP contribution in [0.1, 0.15) is 12.7 Å². The van der Waals surface area contributed by atoms with E-state index in [1.165, 1.54) is 13.0 Å². The first-order chi connectivity index (χ1) is 7.65. The maximum absolute atomic E-state index is 10.9. The number of nitrogens with zero attached hydrogens (tertiary/aromatic N) is 2. The average Bonchev–Trinajstić information content (AvgIpc) is 2.65. The molecule has 5 nitrogen and oxygen atoms in total. The smallest absolute Gasteiger partial charge is 0.258 e. The van der Waals surface area contributed by atoms with Crippen LogP contribution in [0.15, 0.2) is 28.8 Å². The third-order valence-corrected chi connectivity index (χ3v) is 1.97. The number of aromatic hydroxyl groups is 1. The average molecular weight is 218 g/mol. The molecule has 1 aromatic carbocycles. The Labute approximate surface area is 91.7 Å². The van der Waals surface area contributed by atoms with E-state index in [2.05, 4.69) is 10.1 Å². The summed E-state index contributed by atoms with van der Waals surface area (Å²) in [5, 5.41) is 13.0. The van der Waals surface area contributed by atoms with Gasteiger partial charge in [0.05, 0.1) is 6.42 Å². The van der Waals surface area contributed by atoms with Gasteiger partial charge in [-0.1, -0.05) is 11.2 Å². The van der Waals surface area contributed by atoms with E-state index in [1.54, 1.807) is 18.2 Å². The van der Waals surface area contributed by atoms with Crippen LogP contribution in [0.4, 0.5) is 0 Å². The number of phenolic OH excluding ortho intramolecular Hbond substituents is 1. The number of aromatic nitrogens is 2. The van der Waals surface area contributed by atoms with E-state index in [0.717, 1.165) is 0 Å². The van der Waals surface area contributed by atoms with Gasteiger partial charge in [-0.25, -0.2) is 0 Å². The minimum atomic E-state index is -0.0248. The topological polar surface area (TPSA) is 76.2 Å². The quantitative estimate of drug-likeness (QED) is 0.846. The van der Waals surface area contributed by atoms with Crippen molar-refractivity contribution >= 4 is 5.78 Å². The van der Waals surface area contributed by atoms with Crippen molar-refractivity contribution in [1.29, 1.82) is 0 Å². The Hall–Kier alpha value is -2.17. The summed E-state index contributed by atoms with van der Waals surface area (Å²) < 4.78 is 4.98. The van der Waals surface area contributed by atoms with Gasteiger partial charge < -0.3 is 9.63 Å². The molecule has 5 heteroatoms. The molecule has 1 aromatic heterocycles. The van der Waals surface area contributed by atoms with Crippen molar-refractivity contribution in [3.05, 3.63) is 30.1 Å².